The summed E-state index contributed by atoms with van der Waals surface area (Å²) < 4.78 is 26.1. The summed E-state index contributed by atoms with van der Waals surface area (Å²) in [7, 11) is -3.73. The number of hydrogen-bond acceptors (Lipinski definition) is 5. The molecule has 1 rings (SSSR count). The van der Waals surface area contributed by atoms with Crippen LogP contribution in [-0.4, -0.2) is 30.3 Å². The second-order valence-corrected chi connectivity index (χ2v) is 6.45. The Morgan fingerprint density at radius 1 is 1.58 bits per heavy atom. The van der Waals surface area contributed by atoms with Crippen molar-refractivity contribution in [3.63, 3.8) is 0 Å². The number of anilines is 1. The number of nitrogens with zero attached hydrogens (tertiary/aromatic N) is 3. The van der Waals surface area contributed by atoms with Crippen LogP contribution in [0.15, 0.2) is 17.2 Å². The maximum absolute atomic E-state index is 12.4. The zero-order valence-electron chi connectivity index (χ0n) is 10.7. The van der Waals surface area contributed by atoms with Crippen molar-refractivity contribution in [1.29, 1.82) is 5.26 Å². The minimum Gasteiger partial charge on any atom is -0.382 e. The Bertz CT molecular complexity index is 595. The molecule has 6 nitrogen and oxygen atoms in total. The van der Waals surface area contributed by atoms with Crippen molar-refractivity contribution in [2.45, 2.75) is 31.2 Å². The van der Waals surface area contributed by atoms with E-state index in [9.17, 15) is 8.42 Å². The molecule has 1 aromatic heterocycles. The van der Waals surface area contributed by atoms with Crippen molar-refractivity contribution in [1.82, 2.24) is 9.29 Å². The SMILES string of the molecule is CC(C)N(CCC#N)S(=O)(=O)c1cnc(N)c(Cl)c1. The largest absolute Gasteiger partial charge is 0.382 e. The molecule has 0 radical (unpaired) electrons. The first-order chi connectivity index (χ1) is 8.80. The fourth-order valence-corrected chi connectivity index (χ4v) is 3.36. The van der Waals surface area contributed by atoms with Crippen LogP contribution < -0.4 is 5.73 Å². The molecule has 0 aromatic carbocycles. The minimum absolute atomic E-state index is 0.0293. The summed E-state index contributed by atoms with van der Waals surface area (Å²) in [5.41, 5.74) is 5.45. The first-order valence-electron chi connectivity index (χ1n) is 5.60. The monoisotopic (exact) mass is 302 g/mol. The van der Waals surface area contributed by atoms with E-state index >= 15 is 0 Å². The fourth-order valence-electron chi connectivity index (χ4n) is 1.52. The molecule has 0 atom stereocenters. The third-order valence-corrected chi connectivity index (χ3v) is 4.81. The predicted octanol–water partition coefficient (Wildman–Crippen LogP) is 1.63. The lowest BCUT2D eigenvalue weighted by atomic mass is 10.3. The van der Waals surface area contributed by atoms with Crippen molar-refractivity contribution < 1.29 is 8.42 Å². The maximum atomic E-state index is 12.4. The number of aromatic nitrogens is 1. The number of sulfonamides is 1. The van der Waals surface area contributed by atoms with Gasteiger partial charge in [-0.3, -0.25) is 0 Å². The van der Waals surface area contributed by atoms with Crippen LogP contribution >= 0.6 is 11.6 Å². The van der Waals surface area contributed by atoms with Gasteiger partial charge in [0.15, 0.2) is 0 Å². The summed E-state index contributed by atoms with van der Waals surface area (Å²) >= 11 is 5.79. The van der Waals surface area contributed by atoms with Crippen molar-refractivity contribution in [3.05, 3.63) is 17.3 Å². The molecule has 19 heavy (non-hydrogen) atoms. The first kappa shape index (κ1) is 15.7. The summed E-state index contributed by atoms with van der Waals surface area (Å²) in [6.07, 6.45) is 1.28. The Labute approximate surface area is 117 Å². The number of rotatable bonds is 5. The molecule has 0 spiro atoms. The third-order valence-electron chi connectivity index (χ3n) is 2.47. The second kappa shape index (κ2) is 6.19. The Balaban J connectivity index is 3.19. The van der Waals surface area contributed by atoms with E-state index in [1.165, 1.54) is 10.4 Å². The van der Waals surface area contributed by atoms with Crippen LogP contribution in [0.4, 0.5) is 5.82 Å². The van der Waals surface area contributed by atoms with Crippen molar-refractivity contribution in [2.75, 3.05) is 12.3 Å². The van der Waals surface area contributed by atoms with Gasteiger partial charge in [0.25, 0.3) is 0 Å². The first-order valence-corrected chi connectivity index (χ1v) is 7.42. The summed E-state index contributed by atoms with van der Waals surface area (Å²) in [6.45, 7) is 3.60. The lowest BCUT2D eigenvalue weighted by Crippen LogP contribution is -2.37. The van der Waals surface area contributed by atoms with E-state index in [2.05, 4.69) is 4.98 Å². The highest BCUT2D eigenvalue weighted by Crippen LogP contribution is 2.23. The van der Waals surface area contributed by atoms with Crippen LogP contribution in [0, 0.1) is 11.3 Å². The van der Waals surface area contributed by atoms with Gasteiger partial charge in [0.2, 0.25) is 10.0 Å². The molecule has 0 amide bonds. The van der Waals surface area contributed by atoms with Gasteiger partial charge in [0.05, 0.1) is 11.1 Å². The van der Waals surface area contributed by atoms with E-state index in [1.807, 2.05) is 6.07 Å². The third kappa shape index (κ3) is 3.56. The highest BCUT2D eigenvalue weighted by molar-refractivity contribution is 7.89. The van der Waals surface area contributed by atoms with E-state index in [4.69, 9.17) is 22.6 Å². The molecular formula is C11H15ClN4O2S. The normalized spacial score (nSPS) is 11.8. The summed E-state index contributed by atoms with van der Waals surface area (Å²) in [6, 6.07) is 2.93. The predicted molar refractivity (Wildman–Crippen MR) is 72.9 cm³/mol. The zero-order chi connectivity index (χ0) is 14.6. The smallest absolute Gasteiger partial charge is 0.244 e. The number of nitrogens with two attached hydrogens (primary N) is 1. The Morgan fingerprint density at radius 3 is 2.68 bits per heavy atom. The van der Waals surface area contributed by atoms with Crippen LogP contribution in [-0.2, 0) is 10.0 Å². The highest BCUT2D eigenvalue weighted by atomic mass is 35.5. The maximum Gasteiger partial charge on any atom is 0.244 e. The van der Waals surface area contributed by atoms with Gasteiger partial charge in [0, 0.05) is 25.2 Å². The van der Waals surface area contributed by atoms with Gasteiger partial charge >= 0.3 is 0 Å². The molecule has 8 heteroatoms. The fraction of sp³-hybridized carbons (Fsp3) is 0.455. The van der Waals surface area contributed by atoms with E-state index in [0.29, 0.717) is 0 Å². The second-order valence-electron chi connectivity index (χ2n) is 4.16. The summed E-state index contributed by atoms with van der Waals surface area (Å²) in [5, 5.41) is 8.68. The van der Waals surface area contributed by atoms with Gasteiger partial charge < -0.3 is 5.73 Å². The molecule has 0 saturated heterocycles. The average Bonchev–Trinajstić information content (AvgIpc) is 2.32. The number of pyridine rings is 1. The Kier molecular flexibility index (Phi) is 5.11. The molecular weight excluding hydrogens is 288 g/mol. The molecule has 2 N–H and O–H groups in total. The molecule has 0 aliphatic heterocycles. The van der Waals surface area contributed by atoms with Gasteiger partial charge in [-0.15, -0.1) is 0 Å². The molecule has 0 bridgehead atoms. The molecule has 0 unspecified atom stereocenters. The summed E-state index contributed by atoms with van der Waals surface area (Å²) in [5.74, 6) is 0.0775. The van der Waals surface area contributed by atoms with Crippen LogP contribution in [0.2, 0.25) is 5.02 Å². The molecule has 0 fully saturated rings. The Morgan fingerprint density at radius 2 is 2.21 bits per heavy atom. The van der Waals surface area contributed by atoms with E-state index in [0.717, 1.165) is 6.20 Å². The average molecular weight is 303 g/mol. The molecule has 104 valence electrons. The highest BCUT2D eigenvalue weighted by Gasteiger charge is 2.27. The lowest BCUT2D eigenvalue weighted by Gasteiger charge is -2.24. The van der Waals surface area contributed by atoms with E-state index in [-0.39, 0.29) is 34.7 Å². The van der Waals surface area contributed by atoms with Gasteiger partial charge in [-0.25, -0.2) is 13.4 Å². The topological polar surface area (TPSA) is 100 Å². The molecule has 0 aliphatic carbocycles. The van der Waals surface area contributed by atoms with E-state index in [1.54, 1.807) is 13.8 Å². The minimum atomic E-state index is -3.73. The van der Waals surface area contributed by atoms with E-state index < -0.39 is 10.0 Å². The standard InChI is InChI=1S/C11H15ClN4O2S/c1-8(2)16(5-3-4-13)19(17,18)9-6-10(12)11(14)15-7-9/h6-8H,3,5H2,1-2H3,(H2,14,15). The van der Waals surface area contributed by atoms with Gasteiger partial charge in [-0.2, -0.15) is 9.57 Å². The van der Waals surface area contributed by atoms with Crippen LogP contribution in [0.25, 0.3) is 0 Å². The summed E-state index contributed by atoms with van der Waals surface area (Å²) in [4.78, 5) is 3.71. The van der Waals surface area contributed by atoms with Crippen LogP contribution in [0.1, 0.15) is 20.3 Å². The number of hydrogen-bond donors (Lipinski definition) is 1. The van der Waals surface area contributed by atoms with Crippen LogP contribution in [0.5, 0.6) is 0 Å². The van der Waals surface area contributed by atoms with Gasteiger partial charge in [-0.05, 0) is 19.9 Å². The van der Waals surface area contributed by atoms with Gasteiger partial charge in [0.1, 0.15) is 10.7 Å². The number of nitrogen functional groups attached to an aromatic ring is 1. The molecule has 0 aliphatic rings. The van der Waals surface area contributed by atoms with Crippen molar-refractivity contribution in [2.24, 2.45) is 0 Å². The van der Waals surface area contributed by atoms with Crippen LogP contribution in [0.3, 0.4) is 0 Å². The van der Waals surface area contributed by atoms with Gasteiger partial charge in [-0.1, -0.05) is 11.6 Å². The van der Waals surface area contributed by atoms with Crippen molar-refractivity contribution >= 4 is 27.4 Å². The zero-order valence-corrected chi connectivity index (χ0v) is 12.2. The molecule has 0 saturated carbocycles. The molecule has 1 heterocycles. The van der Waals surface area contributed by atoms with Crippen molar-refractivity contribution in [3.8, 4) is 6.07 Å². The Hall–Kier alpha value is -1.36. The number of halogens is 1. The quantitative estimate of drug-likeness (QED) is 0.891. The lowest BCUT2D eigenvalue weighted by molar-refractivity contribution is 0.360. The molecule has 1 aromatic rings. The number of nitriles is 1.